The largest absolute Gasteiger partial charge is 0.493 e. The predicted octanol–water partition coefficient (Wildman–Crippen LogP) is 3.11. The Hall–Kier alpha value is -3.04. The zero-order chi connectivity index (χ0) is 21.3. The van der Waals surface area contributed by atoms with Crippen LogP contribution in [0.1, 0.15) is 5.56 Å². The molecule has 0 aliphatic heterocycles. The minimum Gasteiger partial charge on any atom is -0.493 e. The third-order valence-corrected chi connectivity index (χ3v) is 6.29. The minimum absolute atomic E-state index is 0.169. The van der Waals surface area contributed by atoms with E-state index in [2.05, 4.69) is 10.2 Å². The molecule has 0 atom stereocenters. The van der Waals surface area contributed by atoms with Crippen LogP contribution in [0.15, 0.2) is 46.1 Å². The molecule has 0 bridgehead atoms. The number of rotatable bonds is 6. The Balaban J connectivity index is 1.86. The smallest absolute Gasteiger partial charge is 0.276 e. The zero-order valence-corrected chi connectivity index (χ0v) is 18.5. The lowest BCUT2D eigenvalue weighted by molar-refractivity contribution is 0.324. The Bertz CT molecular complexity index is 1290. The number of ether oxygens (including phenoxy) is 3. The molecule has 154 valence electrons. The molecule has 0 aliphatic rings. The maximum Gasteiger partial charge on any atom is 0.276 e. The van der Waals surface area contributed by atoms with Gasteiger partial charge in [-0.2, -0.15) is 0 Å². The Morgan fingerprint density at radius 3 is 2.23 bits per heavy atom. The van der Waals surface area contributed by atoms with Crippen molar-refractivity contribution in [1.82, 2.24) is 14.6 Å². The molecule has 0 fully saturated rings. The van der Waals surface area contributed by atoms with Gasteiger partial charge < -0.3 is 14.2 Å². The first kappa shape index (κ1) is 20.2. The summed E-state index contributed by atoms with van der Waals surface area (Å²) in [5.41, 5.74) is 1.43. The van der Waals surface area contributed by atoms with Gasteiger partial charge in [-0.15, -0.1) is 22.0 Å². The monoisotopic (exact) mass is 441 g/mol. The molecule has 0 aliphatic carbocycles. The van der Waals surface area contributed by atoms with E-state index in [1.165, 1.54) is 27.7 Å². The first-order valence-electron chi connectivity index (χ1n) is 8.93. The summed E-state index contributed by atoms with van der Waals surface area (Å²) in [5, 5.41) is 8.41. The summed E-state index contributed by atoms with van der Waals surface area (Å²) in [5.74, 6) is 1.85. The normalized spacial score (nSPS) is 11.8. The lowest BCUT2D eigenvalue weighted by Gasteiger charge is -2.13. The zero-order valence-electron chi connectivity index (χ0n) is 16.8. The topological polar surface area (TPSA) is 75.0 Å². The first-order valence-corrected chi connectivity index (χ1v) is 11.0. The number of hydrogen-bond donors (Lipinski definition) is 0. The lowest BCUT2D eigenvalue weighted by atomic mass is 10.1. The average molecular weight is 442 g/mol. The molecular formula is C21H19N3O4S2. The van der Waals surface area contributed by atoms with Crippen LogP contribution in [0.5, 0.6) is 17.2 Å². The number of thioether (sulfide) groups is 1. The van der Waals surface area contributed by atoms with E-state index in [1.54, 1.807) is 38.1 Å². The molecule has 4 rings (SSSR count). The Labute approximate surface area is 180 Å². The van der Waals surface area contributed by atoms with Crippen LogP contribution in [0.25, 0.3) is 22.4 Å². The van der Waals surface area contributed by atoms with Gasteiger partial charge in [-0.3, -0.25) is 4.79 Å². The summed E-state index contributed by atoms with van der Waals surface area (Å²) >= 11 is 2.98. The molecule has 0 N–H and O–H groups in total. The van der Waals surface area contributed by atoms with Crippen LogP contribution in [-0.2, 0) is 0 Å². The van der Waals surface area contributed by atoms with Crippen molar-refractivity contribution in [1.29, 1.82) is 0 Å². The summed E-state index contributed by atoms with van der Waals surface area (Å²) < 4.78 is 18.3. The average Bonchev–Trinajstić information content (AvgIpc) is 3.33. The van der Waals surface area contributed by atoms with Crippen molar-refractivity contribution in [3.05, 3.63) is 56.8 Å². The lowest BCUT2D eigenvalue weighted by Crippen LogP contribution is -2.23. The van der Waals surface area contributed by atoms with Gasteiger partial charge in [-0.05, 0) is 42.2 Å². The van der Waals surface area contributed by atoms with E-state index in [9.17, 15) is 4.79 Å². The van der Waals surface area contributed by atoms with E-state index >= 15 is 0 Å². The summed E-state index contributed by atoms with van der Waals surface area (Å²) in [6.07, 6.45) is 3.89. The van der Waals surface area contributed by atoms with Crippen molar-refractivity contribution in [2.45, 2.75) is 4.90 Å². The van der Waals surface area contributed by atoms with Crippen molar-refractivity contribution in [3.63, 3.8) is 0 Å². The number of benzene rings is 2. The minimum atomic E-state index is -0.169. The number of nitrogens with zero attached hydrogens (tertiary/aromatic N) is 3. The van der Waals surface area contributed by atoms with Crippen molar-refractivity contribution in [2.24, 2.45) is 0 Å². The van der Waals surface area contributed by atoms with Crippen molar-refractivity contribution in [2.75, 3.05) is 27.6 Å². The molecule has 0 saturated heterocycles. The fraction of sp³-hybridized carbons (Fsp3) is 0.190. The van der Waals surface area contributed by atoms with Crippen LogP contribution in [-0.4, -0.2) is 42.2 Å². The first-order chi connectivity index (χ1) is 14.6. The Morgan fingerprint density at radius 2 is 1.67 bits per heavy atom. The second kappa shape index (κ2) is 8.37. The molecule has 0 saturated carbocycles. The molecule has 0 amide bonds. The molecule has 9 heteroatoms. The summed E-state index contributed by atoms with van der Waals surface area (Å²) in [6, 6.07) is 11.5. The van der Waals surface area contributed by atoms with E-state index in [-0.39, 0.29) is 5.56 Å². The van der Waals surface area contributed by atoms with E-state index in [0.717, 1.165) is 5.56 Å². The van der Waals surface area contributed by atoms with Gasteiger partial charge >= 0.3 is 0 Å². The molecule has 2 aromatic carbocycles. The van der Waals surface area contributed by atoms with E-state index in [1.807, 2.05) is 36.6 Å². The maximum atomic E-state index is 13.1. The number of fused-ring (bicyclic) bond motifs is 1. The van der Waals surface area contributed by atoms with Crippen molar-refractivity contribution < 1.29 is 14.2 Å². The molecule has 0 radical (unpaired) electrons. The van der Waals surface area contributed by atoms with Crippen LogP contribution < -0.4 is 24.3 Å². The van der Waals surface area contributed by atoms with Crippen LogP contribution in [0.2, 0.25) is 0 Å². The Kier molecular flexibility index (Phi) is 5.65. The van der Waals surface area contributed by atoms with Crippen molar-refractivity contribution in [3.8, 4) is 28.6 Å². The number of thiazole rings is 1. The van der Waals surface area contributed by atoms with Gasteiger partial charge in [0, 0.05) is 10.5 Å². The van der Waals surface area contributed by atoms with Gasteiger partial charge in [0.15, 0.2) is 17.3 Å². The maximum absolute atomic E-state index is 13.1. The molecule has 2 heterocycles. The molecule has 7 nitrogen and oxygen atoms in total. The highest BCUT2D eigenvalue weighted by atomic mass is 32.2. The Morgan fingerprint density at radius 1 is 1.00 bits per heavy atom. The number of hydrogen-bond acceptors (Lipinski definition) is 8. The SMILES string of the molecule is COc1cc(-c2nnc3s/c(=C\c4ccc(SC)cc4)c(=O)n23)cc(OC)c1OC. The number of methoxy groups -OCH3 is 3. The summed E-state index contributed by atoms with van der Waals surface area (Å²) in [4.78, 5) is 14.8. The van der Waals surface area contributed by atoms with Crippen LogP contribution in [0, 0.1) is 0 Å². The third-order valence-electron chi connectivity index (χ3n) is 4.58. The molecule has 0 unspecified atom stereocenters. The van der Waals surface area contributed by atoms with Crippen LogP contribution in [0.4, 0.5) is 0 Å². The number of aromatic nitrogens is 3. The van der Waals surface area contributed by atoms with Gasteiger partial charge in [0.25, 0.3) is 5.56 Å². The van der Waals surface area contributed by atoms with Gasteiger partial charge in [0.05, 0.1) is 25.9 Å². The second-order valence-corrected chi connectivity index (χ2v) is 8.13. The van der Waals surface area contributed by atoms with E-state index in [4.69, 9.17) is 14.2 Å². The molecule has 30 heavy (non-hydrogen) atoms. The van der Waals surface area contributed by atoms with Crippen molar-refractivity contribution >= 4 is 34.1 Å². The second-order valence-electron chi connectivity index (χ2n) is 6.24. The van der Waals surface area contributed by atoms with Crippen LogP contribution in [0.3, 0.4) is 0 Å². The fourth-order valence-electron chi connectivity index (χ4n) is 3.11. The third kappa shape index (κ3) is 3.50. The highest BCUT2D eigenvalue weighted by Crippen LogP contribution is 2.40. The summed E-state index contributed by atoms with van der Waals surface area (Å²) in [6.45, 7) is 0. The van der Waals surface area contributed by atoms with Gasteiger partial charge in [0.2, 0.25) is 10.7 Å². The van der Waals surface area contributed by atoms with Gasteiger partial charge in [-0.1, -0.05) is 23.5 Å². The molecule has 0 spiro atoms. The van der Waals surface area contributed by atoms with Crippen LogP contribution >= 0.6 is 23.1 Å². The molecular weight excluding hydrogens is 422 g/mol. The summed E-state index contributed by atoms with van der Waals surface area (Å²) in [7, 11) is 4.62. The van der Waals surface area contributed by atoms with Gasteiger partial charge in [-0.25, -0.2) is 4.40 Å². The van der Waals surface area contributed by atoms with Gasteiger partial charge in [0.1, 0.15) is 0 Å². The molecule has 4 aromatic rings. The highest BCUT2D eigenvalue weighted by Gasteiger charge is 2.19. The highest BCUT2D eigenvalue weighted by molar-refractivity contribution is 7.98. The predicted molar refractivity (Wildman–Crippen MR) is 119 cm³/mol. The standard InChI is InChI=1S/C21H19N3O4S2/c1-26-15-10-13(11-16(27-2)18(15)28-3)19-22-23-21-24(19)20(25)17(30-21)9-12-5-7-14(29-4)8-6-12/h5-11H,1-4H3/b17-9-. The van der Waals surface area contributed by atoms with E-state index < -0.39 is 0 Å². The fourth-order valence-corrected chi connectivity index (χ4v) is 4.43. The van der Waals surface area contributed by atoms with E-state index in [0.29, 0.717) is 38.1 Å². The molecule has 2 aromatic heterocycles. The quantitative estimate of drug-likeness (QED) is 0.426.